The Morgan fingerprint density at radius 1 is 1.35 bits per heavy atom. The molecule has 0 saturated heterocycles. The molecule has 1 aliphatic carbocycles. The number of halogens is 1. The number of sulfonamides is 1. The highest BCUT2D eigenvalue weighted by Gasteiger charge is 2.27. The molecule has 20 heavy (non-hydrogen) atoms. The molecule has 0 aromatic carbocycles. The van der Waals surface area contributed by atoms with Gasteiger partial charge in [0.1, 0.15) is 4.90 Å². The smallest absolute Gasteiger partial charge is 0.243 e. The number of hydrogen-bond acceptors (Lipinski definition) is 4. The zero-order valence-electron chi connectivity index (χ0n) is 11.1. The molecule has 1 aliphatic rings. The van der Waals surface area contributed by atoms with Crippen molar-refractivity contribution in [1.82, 2.24) is 9.71 Å². The van der Waals surface area contributed by atoms with Gasteiger partial charge in [0.2, 0.25) is 10.0 Å². The summed E-state index contributed by atoms with van der Waals surface area (Å²) >= 11 is 5.89. The fourth-order valence-corrected chi connectivity index (χ4v) is 4.17. The van der Waals surface area contributed by atoms with Gasteiger partial charge in [-0.25, -0.2) is 13.1 Å². The summed E-state index contributed by atoms with van der Waals surface area (Å²) in [6, 6.07) is 1.45. The normalized spacial score (nSPS) is 23.7. The Balaban J connectivity index is 2.04. The predicted molar refractivity (Wildman–Crippen MR) is 77.0 cm³/mol. The van der Waals surface area contributed by atoms with Crippen molar-refractivity contribution in [3.63, 3.8) is 0 Å². The molecule has 0 amide bonds. The van der Waals surface area contributed by atoms with Gasteiger partial charge in [-0.2, -0.15) is 0 Å². The monoisotopic (exact) mass is 318 g/mol. The third kappa shape index (κ3) is 3.69. The number of nitrogens with zero attached hydrogens (tertiary/aromatic N) is 1. The van der Waals surface area contributed by atoms with Crippen LogP contribution in [0.2, 0.25) is 5.02 Å². The van der Waals surface area contributed by atoms with Gasteiger partial charge in [0.25, 0.3) is 0 Å². The first-order valence-electron chi connectivity index (χ1n) is 6.74. The highest BCUT2D eigenvalue weighted by atomic mass is 35.5. The minimum absolute atomic E-state index is 0.00183. The molecule has 5 nitrogen and oxygen atoms in total. The molecule has 0 aliphatic heterocycles. The lowest BCUT2D eigenvalue weighted by molar-refractivity contribution is 0.136. The average molecular weight is 319 g/mol. The van der Waals surface area contributed by atoms with Crippen LogP contribution in [0, 0.1) is 11.8 Å². The lowest BCUT2D eigenvalue weighted by Gasteiger charge is -2.30. The number of aliphatic hydroxyl groups is 1. The summed E-state index contributed by atoms with van der Waals surface area (Å²) in [5, 5.41) is 9.51. The van der Waals surface area contributed by atoms with Gasteiger partial charge in [-0.15, -0.1) is 0 Å². The van der Waals surface area contributed by atoms with E-state index in [1.54, 1.807) is 0 Å². The van der Waals surface area contributed by atoms with E-state index in [1.165, 1.54) is 18.5 Å². The summed E-state index contributed by atoms with van der Waals surface area (Å²) in [5.41, 5.74) is 0. The van der Waals surface area contributed by atoms with E-state index < -0.39 is 10.0 Å². The first-order valence-corrected chi connectivity index (χ1v) is 8.60. The molecule has 1 fully saturated rings. The second kappa shape index (κ2) is 6.85. The lowest BCUT2D eigenvalue weighted by Crippen LogP contribution is -2.35. The molecular weight excluding hydrogens is 300 g/mol. The Morgan fingerprint density at radius 3 is 2.70 bits per heavy atom. The third-order valence-corrected chi connectivity index (χ3v) is 5.75. The van der Waals surface area contributed by atoms with Gasteiger partial charge in [0.05, 0.1) is 5.02 Å². The maximum absolute atomic E-state index is 12.2. The second-order valence-electron chi connectivity index (χ2n) is 5.15. The van der Waals surface area contributed by atoms with Crippen LogP contribution >= 0.6 is 11.6 Å². The summed E-state index contributed by atoms with van der Waals surface area (Å²) in [7, 11) is -3.65. The van der Waals surface area contributed by atoms with Crippen LogP contribution in [-0.2, 0) is 10.0 Å². The first kappa shape index (κ1) is 15.7. The van der Waals surface area contributed by atoms with Crippen molar-refractivity contribution < 1.29 is 13.5 Å². The van der Waals surface area contributed by atoms with E-state index in [-0.39, 0.29) is 28.4 Å². The number of pyridine rings is 1. The van der Waals surface area contributed by atoms with E-state index in [9.17, 15) is 13.5 Å². The van der Waals surface area contributed by atoms with E-state index in [1.807, 2.05) is 0 Å². The Kier molecular flexibility index (Phi) is 5.37. The molecule has 1 aromatic heterocycles. The van der Waals surface area contributed by atoms with Crippen LogP contribution in [0.1, 0.15) is 25.7 Å². The van der Waals surface area contributed by atoms with Crippen molar-refractivity contribution in [2.45, 2.75) is 30.6 Å². The number of hydrogen-bond donors (Lipinski definition) is 2. The molecule has 2 rings (SSSR count). The molecule has 0 bridgehead atoms. The van der Waals surface area contributed by atoms with Crippen molar-refractivity contribution in [2.24, 2.45) is 11.8 Å². The van der Waals surface area contributed by atoms with Crippen LogP contribution in [0.25, 0.3) is 0 Å². The number of aromatic nitrogens is 1. The maximum Gasteiger partial charge on any atom is 0.243 e. The second-order valence-corrected chi connectivity index (χ2v) is 7.29. The number of rotatable bonds is 5. The highest BCUT2D eigenvalue weighted by molar-refractivity contribution is 7.89. The highest BCUT2D eigenvalue weighted by Crippen LogP contribution is 2.29. The summed E-state index contributed by atoms with van der Waals surface area (Å²) in [5.74, 6) is 0.356. The molecular formula is C13H19ClN2O3S. The van der Waals surface area contributed by atoms with Gasteiger partial charge in [-0.3, -0.25) is 4.98 Å². The Bertz CT molecular complexity index is 550. The van der Waals surface area contributed by atoms with E-state index in [0.717, 1.165) is 25.7 Å². The number of nitrogens with one attached hydrogen (secondary N) is 1. The van der Waals surface area contributed by atoms with Crippen molar-refractivity contribution >= 4 is 21.6 Å². The summed E-state index contributed by atoms with van der Waals surface area (Å²) in [4.78, 5) is 3.79. The van der Waals surface area contributed by atoms with Crippen LogP contribution in [-0.4, -0.2) is 31.7 Å². The van der Waals surface area contributed by atoms with Gasteiger partial charge in [-0.05, 0) is 30.7 Å². The van der Waals surface area contributed by atoms with E-state index >= 15 is 0 Å². The molecule has 7 heteroatoms. The van der Waals surface area contributed by atoms with Gasteiger partial charge >= 0.3 is 0 Å². The summed E-state index contributed by atoms with van der Waals surface area (Å²) in [6.07, 6.45) is 6.77. The molecule has 0 spiro atoms. The SMILES string of the molecule is O=S(=O)(NCC1CCCCC1CO)c1cnccc1Cl. The Hall–Kier alpha value is -0.690. The van der Waals surface area contributed by atoms with Crippen molar-refractivity contribution in [2.75, 3.05) is 13.2 Å². The molecule has 1 aromatic rings. The Labute approximate surface area is 124 Å². The van der Waals surface area contributed by atoms with Crippen LogP contribution in [0.3, 0.4) is 0 Å². The fraction of sp³-hybridized carbons (Fsp3) is 0.615. The molecule has 1 heterocycles. The summed E-state index contributed by atoms with van der Waals surface area (Å²) in [6.45, 7) is 0.443. The van der Waals surface area contributed by atoms with E-state index in [4.69, 9.17) is 11.6 Å². The maximum atomic E-state index is 12.2. The first-order chi connectivity index (χ1) is 9.54. The minimum Gasteiger partial charge on any atom is -0.396 e. The lowest BCUT2D eigenvalue weighted by atomic mass is 9.80. The average Bonchev–Trinajstić information content (AvgIpc) is 2.46. The quantitative estimate of drug-likeness (QED) is 0.868. The zero-order chi connectivity index (χ0) is 14.6. The molecule has 2 N–H and O–H groups in total. The Morgan fingerprint density at radius 2 is 2.05 bits per heavy atom. The van der Waals surface area contributed by atoms with Crippen LogP contribution in [0.15, 0.2) is 23.4 Å². The van der Waals surface area contributed by atoms with Gasteiger partial charge < -0.3 is 5.11 Å². The number of aliphatic hydroxyl groups excluding tert-OH is 1. The van der Waals surface area contributed by atoms with Crippen molar-refractivity contribution in [3.8, 4) is 0 Å². The molecule has 2 unspecified atom stereocenters. The predicted octanol–water partition coefficient (Wildman–Crippen LogP) is 1.81. The topological polar surface area (TPSA) is 79.3 Å². The minimum atomic E-state index is -3.65. The van der Waals surface area contributed by atoms with Crippen LogP contribution < -0.4 is 4.72 Å². The molecule has 0 radical (unpaired) electrons. The molecule has 112 valence electrons. The van der Waals surface area contributed by atoms with E-state index in [2.05, 4.69) is 9.71 Å². The molecule has 2 atom stereocenters. The fourth-order valence-electron chi connectivity index (χ4n) is 2.65. The van der Waals surface area contributed by atoms with Crippen molar-refractivity contribution in [3.05, 3.63) is 23.5 Å². The van der Waals surface area contributed by atoms with Crippen molar-refractivity contribution in [1.29, 1.82) is 0 Å². The van der Waals surface area contributed by atoms with Gasteiger partial charge in [0.15, 0.2) is 0 Å². The van der Waals surface area contributed by atoms with Gasteiger partial charge in [0, 0.05) is 25.5 Å². The molecule has 1 saturated carbocycles. The zero-order valence-corrected chi connectivity index (χ0v) is 12.7. The van der Waals surface area contributed by atoms with Gasteiger partial charge in [-0.1, -0.05) is 24.4 Å². The third-order valence-electron chi connectivity index (χ3n) is 3.86. The van der Waals surface area contributed by atoms with Crippen LogP contribution in [0.5, 0.6) is 0 Å². The largest absolute Gasteiger partial charge is 0.396 e. The standard InChI is InChI=1S/C13H19ClN2O3S/c14-12-5-6-15-8-13(12)20(18,19)16-7-10-3-1-2-4-11(10)9-17/h5-6,8,10-11,16-17H,1-4,7,9H2. The van der Waals surface area contributed by atoms with E-state index in [0.29, 0.717) is 6.54 Å². The summed E-state index contributed by atoms with van der Waals surface area (Å²) < 4.78 is 27.0. The van der Waals surface area contributed by atoms with Crippen LogP contribution in [0.4, 0.5) is 0 Å².